The summed E-state index contributed by atoms with van der Waals surface area (Å²) >= 11 is 5.96. The highest BCUT2D eigenvalue weighted by molar-refractivity contribution is 6.30. The molecule has 1 aromatic carbocycles. The van der Waals surface area contributed by atoms with E-state index in [4.69, 9.17) is 16.3 Å². The van der Waals surface area contributed by atoms with Crippen molar-refractivity contribution in [1.29, 1.82) is 0 Å². The van der Waals surface area contributed by atoms with Gasteiger partial charge in [0.15, 0.2) is 0 Å². The van der Waals surface area contributed by atoms with Crippen LogP contribution in [0.2, 0.25) is 5.15 Å². The molecule has 1 heterocycles. The molecule has 0 radical (unpaired) electrons. The van der Waals surface area contributed by atoms with E-state index in [1.165, 1.54) is 0 Å². The number of rotatable bonds is 6. The Labute approximate surface area is 133 Å². The van der Waals surface area contributed by atoms with Crippen LogP contribution in [0.25, 0.3) is 0 Å². The molecule has 5 nitrogen and oxygen atoms in total. The summed E-state index contributed by atoms with van der Waals surface area (Å²) in [5.74, 6) is 0.301. The standard InChI is InChI=1S/C16H17ClN2O3/c1-11(20)9-19-16(21)12-4-2-6-14(8-12)22-10-13-5-3-7-18-15(13)17/h2-8,11,20H,9-10H2,1H3,(H,19,21). The van der Waals surface area contributed by atoms with Gasteiger partial charge in [-0.3, -0.25) is 4.79 Å². The number of ether oxygens (including phenoxy) is 1. The third-order valence-corrected chi connectivity index (χ3v) is 3.23. The molecule has 2 rings (SSSR count). The van der Waals surface area contributed by atoms with Gasteiger partial charge in [0, 0.05) is 23.9 Å². The molecule has 1 unspecified atom stereocenters. The van der Waals surface area contributed by atoms with Gasteiger partial charge in [-0.25, -0.2) is 4.98 Å². The fraction of sp³-hybridized carbons (Fsp3) is 0.250. The minimum absolute atomic E-state index is 0.204. The van der Waals surface area contributed by atoms with E-state index in [2.05, 4.69) is 10.3 Å². The average Bonchev–Trinajstić information content (AvgIpc) is 2.52. The Morgan fingerprint density at radius 1 is 1.41 bits per heavy atom. The van der Waals surface area contributed by atoms with Gasteiger partial charge < -0.3 is 15.2 Å². The van der Waals surface area contributed by atoms with E-state index in [-0.39, 0.29) is 19.1 Å². The molecule has 2 N–H and O–H groups in total. The molecule has 0 aliphatic heterocycles. The van der Waals surface area contributed by atoms with E-state index in [0.717, 1.165) is 5.56 Å². The van der Waals surface area contributed by atoms with Crippen LogP contribution in [0.5, 0.6) is 5.75 Å². The molecule has 0 fully saturated rings. The smallest absolute Gasteiger partial charge is 0.251 e. The van der Waals surface area contributed by atoms with E-state index in [0.29, 0.717) is 16.5 Å². The topological polar surface area (TPSA) is 71.5 Å². The molecule has 0 spiro atoms. The van der Waals surface area contributed by atoms with Crippen molar-refractivity contribution in [3.8, 4) is 5.75 Å². The fourth-order valence-corrected chi connectivity index (χ4v) is 1.93. The number of hydrogen-bond donors (Lipinski definition) is 2. The number of carbonyl (C=O) groups excluding carboxylic acids is 1. The lowest BCUT2D eigenvalue weighted by Crippen LogP contribution is -2.30. The van der Waals surface area contributed by atoms with Crippen molar-refractivity contribution in [3.63, 3.8) is 0 Å². The normalized spacial score (nSPS) is 11.8. The highest BCUT2D eigenvalue weighted by Gasteiger charge is 2.08. The number of amides is 1. The predicted molar refractivity (Wildman–Crippen MR) is 84.0 cm³/mol. The Bertz CT molecular complexity index is 647. The van der Waals surface area contributed by atoms with Crippen LogP contribution in [0, 0.1) is 0 Å². The number of aliphatic hydroxyl groups is 1. The molecule has 1 amide bonds. The lowest BCUT2D eigenvalue weighted by atomic mass is 10.2. The molecule has 6 heteroatoms. The van der Waals surface area contributed by atoms with Gasteiger partial charge in [0.05, 0.1) is 6.10 Å². The van der Waals surface area contributed by atoms with Crippen molar-refractivity contribution < 1.29 is 14.6 Å². The van der Waals surface area contributed by atoms with Gasteiger partial charge >= 0.3 is 0 Å². The molecule has 116 valence electrons. The van der Waals surface area contributed by atoms with Crippen LogP contribution in [-0.2, 0) is 6.61 Å². The van der Waals surface area contributed by atoms with E-state index in [1.807, 2.05) is 6.07 Å². The summed E-state index contributed by atoms with van der Waals surface area (Å²) in [6.45, 7) is 2.08. The maximum atomic E-state index is 11.9. The minimum Gasteiger partial charge on any atom is -0.489 e. The summed E-state index contributed by atoms with van der Waals surface area (Å²) in [7, 11) is 0. The van der Waals surface area contributed by atoms with E-state index in [1.54, 1.807) is 43.5 Å². The summed E-state index contributed by atoms with van der Waals surface area (Å²) in [5, 5.41) is 12.2. The zero-order chi connectivity index (χ0) is 15.9. The van der Waals surface area contributed by atoms with Crippen LogP contribution in [0.15, 0.2) is 42.6 Å². The molecule has 22 heavy (non-hydrogen) atoms. The van der Waals surface area contributed by atoms with Crippen molar-refractivity contribution in [2.45, 2.75) is 19.6 Å². The van der Waals surface area contributed by atoms with E-state index in [9.17, 15) is 9.90 Å². The third kappa shape index (κ3) is 4.72. The van der Waals surface area contributed by atoms with Crippen molar-refractivity contribution in [2.75, 3.05) is 6.54 Å². The van der Waals surface area contributed by atoms with Crippen molar-refractivity contribution >= 4 is 17.5 Å². The first-order valence-electron chi connectivity index (χ1n) is 6.85. The second kappa shape index (κ2) is 7.77. The summed E-state index contributed by atoms with van der Waals surface area (Å²) in [5.41, 5.74) is 1.24. The van der Waals surface area contributed by atoms with Gasteiger partial charge in [-0.1, -0.05) is 23.7 Å². The predicted octanol–water partition coefficient (Wildman–Crippen LogP) is 2.42. The lowest BCUT2D eigenvalue weighted by molar-refractivity contribution is 0.0923. The lowest BCUT2D eigenvalue weighted by Gasteiger charge is -2.10. The number of aromatic nitrogens is 1. The Hall–Kier alpha value is -2.11. The monoisotopic (exact) mass is 320 g/mol. The molecule has 0 saturated carbocycles. The van der Waals surface area contributed by atoms with Crippen LogP contribution in [0.1, 0.15) is 22.8 Å². The van der Waals surface area contributed by atoms with Crippen LogP contribution in [0.3, 0.4) is 0 Å². The molecule has 0 saturated heterocycles. The maximum absolute atomic E-state index is 11.9. The molecule has 1 aromatic heterocycles. The first-order chi connectivity index (χ1) is 10.6. The highest BCUT2D eigenvalue weighted by Crippen LogP contribution is 2.18. The van der Waals surface area contributed by atoms with Crippen molar-refractivity contribution in [2.24, 2.45) is 0 Å². The summed E-state index contributed by atoms with van der Waals surface area (Å²) in [6.07, 6.45) is 1.02. The fourth-order valence-electron chi connectivity index (χ4n) is 1.76. The van der Waals surface area contributed by atoms with Gasteiger partial charge in [0.25, 0.3) is 5.91 Å². The Morgan fingerprint density at radius 2 is 2.23 bits per heavy atom. The molecule has 2 aromatic rings. The van der Waals surface area contributed by atoms with Crippen LogP contribution in [0.4, 0.5) is 0 Å². The number of nitrogens with zero attached hydrogens (tertiary/aromatic N) is 1. The molecule has 0 aliphatic rings. The first kappa shape index (κ1) is 16.3. The Morgan fingerprint density at radius 3 is 2.95 bits per heavy atom. The second-order valence-electron chi connectivity index (χ2n) is 4.83. The van der Waals surface area contributed by atoms with E-state index < -0.39 is 6.10 Å². The molecule has 0 aliphatic carbocycles. The number of pyridine rings is 1. The Balaban J connectivity index is 1.99. The summed E-state index contributed by atoms with van der Waals surface area (Å²) in [6, 6.07) is 10.4. The van der Waals surface area contributed by atoms with Gasteiger partial charge in [-0.05, 0) is 31.2 Å². The number of nitrogens with one attached hydrogen (secondary N) is 1. The number of halogens is 1. The van der Waals surface area contributed by atoms with Crippen LogP contribution >= 0.6 is 11.6 Å². The summed E-state index contributed by atoms with van der Waals surface area (Å²) in [4.78, 5) is 15.9. The number of benzene rings is 1. The van der Waals surface area contributed by atoms with Crippen molar-refractivity contribution in [3.05, 3.63) is 58.9 Å². The molecular weight excluding hydrogens is 304 g/mol. The zero-order valence-corrected chi connectivity index (χ0v) is 12.9. The average molecular weight is 321 g/mol. The van der Waals surface area contributed by atoms with Gasteiger partial charge in [-0.2, -0.15) is 0 Å². The van der Waals surface area contributed by atoms with Gasteiger partial charge in [0.2, 0.25) is 0 Å². The largest absolute Gasteiger partial charge is 0.489 e. The van der Waals surface area contributed by atoms with Crippen LogP contribution in [-0.4, -0.2) is 28.6 Å². The Kier molecular flexibility index (Phi) is 5.75. The zero-order valence-electron chi connectivity index (χ0n) is 12.1. The van der Waals surface area contributed by atoms with Crippen molar-refractivity contribution in [1.82, 2.24) is 10.3 Å². The first-order valence-corrected chi connectivity index (χ1v) is 7.22. The molecule has 0 bridgehead atoms. The maximum Gasteiger partial charge on any atom is 0.251 e. The van der Waals surface area contributed by atoms with E-state index >= 15 is 0 Å². The number of hydrogen-bond acceptors (Lipinski definition) is 4. The summed E-state index contributed by atoms with van der Waals surface area (Å²) < 4.78 is 5.64. The van der Waals surface area contributed by atoms with Crippen LogP contribution < -0.4 is 10.1 Å². The second-order valence-corrected chi connectivity index (χ2v) is 5.19. The molecule has 1 atom stereocenters. The molecular formula is C16H17ClN2O3. The quantitative estimate of drug-likeness (QED) is 0.802. The van der Waals surface area contributed by atoms with Gasteiger partial charge in [-0.15, -0.1) is 0 Å². The number of aliphatic hydroxyl groups excluding tert-OH is 1. The van der Waals surface area contributed by atoms with Gasteiger partial charge in [0.1, 0.15) is 17.5 Å². The SMILES string of the molecule is CC(O)CNC(=O)c1cccc(OCc2cccnc2Cl)c1. The number of carbonyl (C=O) groups is 1. The minimum atomic E-state index is -0.587. The third-order valence-electron chi connectivity index (χ3n) is 2.88. The highest BCUT2D eigenvalue weighted by atomic mass is 35.5.